The van der Waals surface area contributed by atoms with Crippen molar-refractivity contribution >= 4 is 17.6 Å². The number of halogens is 4. The minimum absolute atomic E-state index is 0.0294. The number of aliphatic imine (C=N–C) groups is 1. The van der Waals surface area contributed by atoms with E-state index in [1.54, 1.807) is 25.1 Å². The maximum absolute atomic E-state index is 13.9. The van der Waals surface area contributed by atoms with Crippen molar-refractivity contribution in [2.75, 3.05) is 13.2 Å². The van der Waals surface area contributed by atoms with E-state index in [1.807, 2.05) is 0 Å². The summed E-state index contributed by atoms with van der Waals surface area (Å²) < 4.78 is 57.2. The van der Waals surface area contributed by atoms with E-state index in [1.165, 1.54) is 6.07 Å². The number of benzene rings is 2. The van der Waals surface area contributed by atoms with Gasteiger partial charge >= 0.3 is 6.18 Å². The number of hydrogen-bond acceptors (Lipinski definition) is 5. The number of carbonyl (C=O) groups excluding carboxylic acids is 1. The van der Waals surface area contributed by atoms with Crippen LogP contribution in [0.25, 0.3) is 5.70 Å². The lowest BCUT2D eigenvalue weighted by molar-refractivity contribution is -0.137. The fraction of sp³-hybridized carbons (Fsp3) is 0.273. The summed E-state index contributed by atoms with van der Waals surface area (Å²) in [5.74, 6) is -0.939. The monoisotopic (exact) mass is 461 g/mol. The van der Waals surface area contributed by atoms with Crippen molar-refractivity contribution in [2.45, 2.75) is 25.3 Å². The number of carbonyl (C=O) groups is 1. The molecule has 2 aromatic carbocycles. The SMILES string of the molecule is Cc1ccc(C2=CC(N=C(NC(=O)c3ccc(C(F)(F)F)cc3)NC3COC3)N=N2)cc1F. The molecule has 1 fully saturated rings. The normalized spacial score (nSPS) is 18.6. The Balaban J connectivity index is 1.51. The Labute approximate surface area is 186 Å². The van der Waals surface area contributed by atoms with E-state index >= 15 is 0 Å². The Hall–Kier alpha value is -3.60. The number of nitrogens with one attached hydrogen (secondary N) is 2. The average molecular weight is 461 g/mol. The third kappa shape index (κ3) is 5.43. The maximum Gasteiger partial charge on any atom is 0.416 e. The van der Waals surface area contributed by atoms with Crippen LogP contribution in [-0.2, 0) is 10.9 Å². The number of guanidine groups is 1. The Morgan fingerprint density at radius 1 is 1.15 bits per heavy atom. The van der Waals surface area contributed by atoms with Crippen LogP contribution in [0, 0.1) is 12.7 Å². The first kappa shape index (κ1) is 22.6. The van der Waals surface area contributed by atoms with Crippen molar-refractivity contribution in [2.24, 2.45) is 15.2 Å². The minimum atomic E-state index is -4.49. The molecule has 0 saturated carbocycles. The molecule has 7 nitrogen and oxygen atoms in total. The number of alkyl halides is 3. The first-order valence-electron chi connectivity index (χ1n) is 9.99. The molecule has 0 bridgehead atoms. The molecule has 0 spiro atoms. The van der Waals surface area contributed by atoms with Crippen molar-refractivity contribution < 1.29 is 27.1 Å². The number of azo groups is 1. The summed E-state index contributed by atoms with van der Waals surface area (Å²) in [7, 11) is 0. The van der Waals surface area contributed by atoms with Crippen LogP contribution in [0.2, 0.25) is 0 Å². The summed E-state index contributed by atoms with van der Waals surface area (Å²) in [6.07, 6.45) is -3.67. The van der Waals surface area contributed by atoms with E-state index in [2.05, 4.69) is 25.9 Å². The fourth-order valence-corrected chi connectivity index (χ4v) is 3.04. The summed E-state index contributed by atoms with van der Waals surface area (Å²) in [4.78, 5) is 16.9. The van der Waals surface area contributed by atoms with Gasteiger partial charge in [-0.2, -0.15) is 23.4 Å². The van der Waals surface area contributed by atoms with Gasteiger partial charge in [0.1, 0.15) is 5.82 Å². The van der Waals surface area contributed by atoms with Crippen LogP contribution in [-0.4, -0.2) is 37.3 Å². The van der Waals surface area contributed by atoms with Gasteiger partial charge in [-0.05, 0) is 48.9 Å². The zero-order chi connectivity index (χ0) is 23.6. The Morgan fingerprint density at radius 3 is 2.48 bits per heavy atom. The largest absolute Gasteiger partial charge is 0.416 e. The van der Waals surface area contributed by atoms with Crippen molar-refractivity contribution in [3.05, 3.63) is 76.6 Å². The highest BCUT2D eigenvalue weighted by atomic mass is 19.4. The number of ether oxygens (including phenoxy) is 1. The van der Waals surface area contributed by atoms with Crippen LogP contribution in [0.3, 0.4) is 0 Å². The Morgan fingerprint density at radius 2 is 1.88 bits per heavy atom. The van der Waals surface area contributed by atoms with Crippen LogP contribution in [0.1, 0.15) is 27.0 Å². The summed E-state index contributed by atoms with van der Waals surface area (Å²) in [6, 6.07) is 8.44. The standard InChI is InChI=1S/C22H19F4N5O2/c1-12-2-3-14(8-17(12)23)18-9-19(31-30-18)28-21(27-16-10-33-11-16)29-20(32)13-4-6-15(7-5-13)22(24,25)26/h2-9,16,19H,10-11H2,1H3,(H2,27,28,29,32). The maximum atomic E-state index is 13.9. The van der Waals surface area contributed by atoms with Gasteiger partial charge < -0.3 is 10.1 Å². The molecule has 1 atom stereocenters. The third-order valence-electron chi connectivity index (χ3n) is 5.00. The van der Waals surface area contributed by atoms with E-state index in [0.29, 0.717) is 30.0 Å². The molecule has 0 aliphatic carbocycles. The number of amides is 1. The zero-order valence-corrected chi connectivity index (χ0v) is 17.4. The van der Waals surface area contributed by atoms with Crippen molar-refractivity contribution in [3.63, 3.8) is 0 Å². The molecule has 2 aliphatic heterocycles. The van der Waals surface area contributed by atoms with Gasteiger partial charge in [0.15, 0.2) is 6.17 Å². The van der Waals surface area contributed by atoms with E-state index in [9.17, 15) is 22.4 Å². The number of hydrogen-bond donors (Lipinski definition) is 2. The fourth-order valence-electron chi connectivity index (χ4n) is 3.04. The lowest BCUT2D eigenvalue weighted by Gasteiger charge is -2.28. The van der Waals surface area contributed by atoms with Gasteiger partial charge in [-0.1, -0.05) is 12.1 Å². The lowest BCUT2D eigenvalue weighted by Crippen LogP contribution is -2.54. The zero-order valence-electron chi connectivity index (χ0n) is 17.4. The second-order valence-corrected chi connectivity index (χ2v) is 7.53. The van der Waals surface area contributed by atoms with Crippen LogP contribution < -0.4 is 10.6 Å². The van der Waals surface area contributed by atoms with E-state index in [4.69, 9.17) is 4.74 Å². The van der Waals surface area contributed by atoms with Crippen LogP contribution in [0.5, 0.6) is 0 Å². The summed E-state index contributed by atoms with van der Waals surface area (Å²) in [5, 5.41) is 13.6. The quantitative estimate of drug-likeness (QED) is 0.409. The average Bonchev–Trinajstić information content (AvgIpc) is 3.20. The lowest BCUT2D eigenvalue weighted by atomic mass is 10.1. The first-order valence-corrected chi connectivity index (χ1v) is 9.99. The van der Waals surface area contributed by atoms with E-state index < -0.39 is 23.8 Å². The van der Waals surface area contributed by atoms with Gasteiger partial charge in [0.2, 0.25) is 5.96 Å². The van der Waals surface area contributed by atoms with Crippen LogP contribution in [0.4, 0.5) is 17.6 Å². The van der Waals surface area contributed by atoms with Crippen molar-refractivity contribution in [1.82, 2.24) is 10.6 Å². The predicted octanol–water partition coefficient (Wildman–Crippen LogP) is 4.06. The van der Waals surface area contributed by atoms with Gasteiger partial charge in [-0.25, -0.2) is 9.38 Å². The molecular formula is C22H19F4N5O2. The van der Waals surface area contributed by atoms with Gasteiger partial charge in [0.25, 0.3) is 5.91 Å². The van der Waals surface area contributed by atoms with E-state index in [0.717, 1.165) is 24.3 Å². The molecule has 2 heterocycles. The van der Waals surface area contributed by atoms with Gasteiger partial charge in [-0.3, -0.25) is 10.1 Å². The molecule has 1 amide bonds. The molecule has 2 aromatic rings. The highest BCUT2D eigenvalue weighted by Gasteiger charge is 2.30. The Kier molecular flexibility index (Phi) is 6.23. The molecule has 1 saturated heterocycles. The van der Waals surface area contributed by atoms with Crippen molar-refractivity contribution in [1.29, 1.82) is 0 Å². The van der Waals surface area contributed by atoms with Crippen LogP contribution >= 0.6 is 0 Å². The molecule has 2 N–H and O–H groups in total. The molecule has 33 heavy (non-hydrogen) atoms. The second-order valence-electron chi connectivity index (χ2n) is 7.53. The number of aryl methyl sites for hydroxylation is 1. The summed E-state index contributed by atoms with van der Waals surface area (Å²) in [5.41, 5.74) is 0.651. The predicted molar refractivity (Wildman–Crippen MR) is 112 cm³/mol. The van der Waals surface area contributed by atoms with Gasteiger partial charge in [0, 0.05) is 11.1 Å². The molecular weight excluding hydrogens is 442 g/mol. The third-order valence-corrected chi connectivity index (χ3v) is 5.00. The highest BCUT2D eigenvalue weighted by molar-refractivity contribution is 6.05. The number of rotatable bonds is 4. The Bertz CT molecular complexity index is 1140. The highest BCUT2D eigenvalue weighted by Crippen LogP contribution is 2.29. The van der Waals surface area contributed by atoms with Crippen LogP contribution in [0.15, 0.2) is 63.8 Å². The van der Waals surface area contributed by atoms with E-state index in [-0.39, 0.29) is 23.4 Å². The summed E-state index contributed by atoms with van der Waals surface area (Å²) in [6.45, 7) is 2.47. The summed E-state index contributed by atoms with van der Waals surface area (Å²) >= 11 is 0. The molecule has 1 unspecified atom stereocenters. The molecule has 4 rings (SSSR count). The topological polar surface area (TPSA) is 87.4 Å². The second kappa shape index (κ2) is 9.10. The molecule has 0 radical (unpaired) electrons. The molecule has 172 valence electrons. The molecule has 2 aliphatic rings. The smallest absolute Gasteiger partial charge is 0.377 e. The molecule has 11 heteroatoms. The first-order chi connectivity index (χ1) is 15.7. The minimum Gasteiger partial charge on any atom is -0.377 e. The van der Waals surface area contributed by atoms with Gasteiger partial charge in [0.05, 0.1) is 30.5 Å². The van der Waals surface area contributed by atoms with Gasteiger partial charge in [-0.15, -0.1) is 0 Å². The van der Waals surface area contributed by atoms with Crippen molar-refractivity contribution in [3.8, 4) is 0 Å². The number of nitrogens with zero attached hydrogens (tertiary/aromatic N) is 3. The molecule has 0 aromatic heterocycles.